The Labute approximate surface area is 142 Å². The lowest BCUT2D eigenvalue weighted by molar-refractivity contribution is -0.122. The number of nitrogens with zero attached hydrogens (tertiary/aromatic N) is 1. The van der Waals surface area contributed by atoms with Gasteiger partial charge in [0.1, 0.15) is 11.6 Å². The average Bonchev–Trinajstić information content (AvgIpc) is 2.57. The molecule has 0 aliphatic rings. The van der Waals surface area contributed by atoms with Crippen molar-refractivity contribution >= 4 is 5.91 Å². The molecular formula is C19H23FN2O2. The lowest BCUT2D eigenvalue weighted by atomic mass is 10.1. The van der Waals surface area contributed by atoms with Crippen molar-refractivity contribution in [2.24, 2.45) is 0 Å². The van der Waals surface area contributed by atoms with Gasteiger partial charge in [-0.05, 0) is 37.2 Å². The smallest absolute Gasteiger partial charge is 0.234 e. The predicted molar refractivity (Wildman–Crippen MR) is 92.4 cm³/mol. The summed E-state index contributed by atoms with van der Waals surface area (Å²) in [7, 11) is 3.43. The number of nitrogens with one attached hydrogen (secondary N) is 1. The molecule has 2 aromatic rings. The number of hydrogen-bond donors (Lipinski definition) is 1. The van der Waals surface area contributed by atoms with Crippen LogP contribution in [0.4, 0.5) is 4.39 Å². The largest absolute Gasteiger partial charge is 0.497 e. The zero-order valence-corrected chi connectivity index (χ0v) is 14.1. The van der Waals surface area contributed by atoms with Crippen molar-refractivity contribution in [3.8, 4) is 5.75 Å². The van der Waals surface area contributed by atoms with Crippen LogP contribution in [0.1, 0.15) is 11.1 Å². The van der Waals surface area contributed by atoms with Crippen LogP contribution in [0.5, 0.6) is 5.75 Å². The fraction of sp³-hybridized carbons (Fsp3) is 0.316. The minimum Gasteiger partial charge on any atom is -0.497 e. The first-order valence-corrected chi connectivity index (χ1v) is 7.90. The molecule has 0 heterocycles. The summed E-state index contributed by atoms with van der Waals surface area (Å²) in [6, 6.07) is 14.4. The van der Waals surface area contributed by atoms with Gasteiger partial charge in [0, 0.05) is 18.7 Å². The lowest BCUT2D eigenvalue weighted by Crippen LogP contribution is -2.36. The van der Waals surface area contributed by atoms with E-state index in [1.807, 2.05) is 24.3 Å². The van der Waals surface area contributed by atoms with Crippen LogP contribution in [0.15, 0.2) is 48.5 Å². The summed E-state index contributed by atoms with van der Waals surface area (Å²) >= 11 is 0. The lowest BCUT2D eigenvalue weighted by Gasteiger charge is -2.16. The summed E-state index contributed by atoms with van der Waals surface area (Å²) in [5.41, 5.74) is 1.72. The maximum absolute atomic E-state index is 13.6. The van der Waals surface area contributed by atoms with Crippen molar-refractivity contribution in [2.75, 3.05) is 27.2 Å². The molecule has 0 fully saturated rings. The molecule has 0 spiro atoms. The summed E-state index contributed by atoms with van der Waals surface area (Å²) in [4.78, 5) is 13.7. The van der Waals surface area contributed by atoms with Crippen LogP contribution in [-0.2, 0) is 17.8 Å². The molecule has 5 heteroatoms. The number of halogens is 1. The number of carbonyl (C=O) groups is 1. The molecule has 4 nitrogen and oxygen atoms in total. The molecule has 0 aliphatic heterocycles. The van der Waals surface area contributed by atoms with Gasteiger partial charge >= 0.3 is 0 Å². The van der Waals surface area contributed by atoms with Gasteiger partial charge in [0.05, 0.1) is 13.7 Å². The molecule has 2 aromatic carbocycles. The first-order valence-electron chi connectivity index (χ1n) is 7.90. The molecular weight excluding hydrogens is 307 g/mol. The Balaban J connectivity index is 1.71. The van der Waals surface area contributed by atoms with Crippen LogP contribution in [0.25, 0.3) is 0 Å². The standard InChI is InChI=1S/C19H23FN2O2/c1-22(13-16-5-3-4-6-18(16)20)14-19(23)21-12-11-15-7-9-17(24-2)10-8-15/h3-10H,11-14H2,1-2H3,(H,21,23). The highest BCUT2D eigenvalue weighted by Crippen LogP contribution is 2.11. The maximum Gasteiger partial charge on any atom is 0.234 e. The fourth-order valence-corrected chi connectivity index (χ4v) is 2.41. The minimum atomic E-state index is -0.246. The first kappa shape index (κ1) is 17.9. The maximum atomic E-state index is 13.6. The highest BCUT2D eigenvalue weighted by Gasteiger charge is 2.09. The molecule has 0 saturated heterocycles. The van der Waals surface area contributed by atoms with Crippen LogP contribution in [-0.4, -0.2) is 38.1 Å². The van der Waals surface area contributed by atoms with E-state index in [0.29, 0.717) is 18.7 Å². The number of likely N-dealkylation sites (N-methyl/N-ethyl adjacent to an activating group) is 1. The normalized spacial score (nSPS) is 10.7. The van der Waals surface area contributed by atoms with Gasteiger partial charge in [-0.1, -0.05) is 30.3 Å². The van der Waals surface area contributed by atoms with E-state index in [1.54, 1.807) is 37.3 Å². The fourth-order valence-electron chi connectivity index (χ4n) is 2.41. The topological polar surface area (TPSA) is 41.6 Å². The molecule has 128 valence electrons. The first-order chi connectivity index (χ1) is 11.6. The van der Waals surface area contributed by atoms with E-state index in [4.69, 9.17) is 4.74 Å². The Hall–Kier alpha value is -2.40. The molecule has 0 radical (unpaired) electrons. The van der Waals surface area contributed by atoms with Crippen molar-refractivity contribution < 1.29 is 13.9 Å². The Bertz CT molecular complexity index is 659. The second-order valence-corrected chi connectivity index (χ2v) is 5.71. The van der Waals surface area contributed by atoms with Crippen LogP contribution < -0.4 is 10.1 Å². The number of amides is 1. The molecule has 0 atom stereocenters. The van der Waals surface area contributed by atoms with Crippen molar-refractivity contribution in [3.05, 3.63) is 65.5 Å². The summed E-state index contributed by atoms with van der Waals surface area (Å²) < 4.78 is 18.7. The second kappa shape index (κ2) is 9.03. The molecule has 0 aliphatic carbocycles. The number of methoxy groups -OCH3 is 1. The Morgan fingerprint density at radius 3 is 2.54 bits per heavy atom. The zero-order chi connectivity index (χ0) is 17.4. The Morgan fingerprint density at radius 2 is 1.88 bits per heavy atom. The number of rotatable bonds is 8. The zero-order valence-electron chi connectivity index (χ0n) is 14.1. The van der Waals surface area contributed by atoms with Crippen LogP contribution >= 0.6 is 0 Å². The second-order valence-electron chi connectivity index (χ2n) is 5.71. The van der Waals surface area contributed by atoms with Crippen LogP contribution in [0.2, 0.25) is 0 Å². The van der Waals surface area contributed by atoms with Crippen molar-refractivity contribution in [1.29, 1.82) is 0 Å². The number of hydrogen-bond acceptors (Lipinski definition) is 3. The molecule has 0 saturated carbocycles. The summed E-state index contributed by atoms with van der Waals surface area (Å²) in [5, 5.41) is 2.89. The van der Waals surface area contributed by atoms with Gasteiger partial charge in [0.25, 0.3) is 0 Å². The van der Waals surface area contributed by atoms with Gasteiger partial charge in [-0.3, -0.25) is 9.69 Å². The third-order valence-corrected chi connectivity index (χ3v) is 3.71. The van der Waals surface area contributed by atoms with Crippen LogP contribution in [0, 0.1) is 5.82 Å². The molecule has 2 rings (SSSR count). The van der Waals surface area contributed by atoms with Crippen molar-refractivity contribution in [2.45, 2.75) is 13.0 Å². The molecule has 24 heavy (non-hydrogen) atoms. The summed E-state index contributed by atoms with van der Waals surface area (Å²) in [5.74, 6) is 0.504. The van der Waals surface area contributed by atoms with Gasteiger partial charge < -0.3 is 10.1 Å². The van der Waals surface area contributed by atoms with Gasteiger partial charge in [0.2, 0.25) is 5.91 Å². The molecule has 0 bridgehead atoms. The van der Waals surface area contributed by atoms with Crippen LogP contribution in [0.3, 0.4) is 0 Å². The van der Waals surface area contributed by atoms with Gasteiger partial charge in [-0.25, -0.2) is 4.39 Å². The van der Waals surface area contributed by atoms with E-state index in [9.17, 15) is 9.18 Å². The van der Waals surface area contributed by atoms with E-state index in [-0.39, 0.29) is 18.3 Å². The van der Waals surface area contributed by atoms with Gasteiger partial charge in [-0.2, -0.15) is 0 Å². The van der Waals surface area contributed by atoms with E-state index in [2.05, 4.69) is 5.32 Å². The quantitative estimate of drug-likeness (QED) is 0.809. The average molecular weight is 330 g/mol. The third kappa shape index (κ3) is 5.66. The van der Waals surface area contributed by atoms with E-state index >= 15 is 0 Å². The number of benzene rings is 2. The molecule has 0 unspecified atom stereocenters. The van der Waals surface area contributed by atoms with Gasteiger partial charge in [-0.15, -0.1) is 0 Å². The Kier molecular flexibility index (Phi) is 6.75. The highest BCUT2D eigenvalue weighted by molar-refractivity contribution is 5.77. The van der Waals surface area contributed by atoms with Gasteiger partial charge in [0.15, 0.2) is 0 Å². The molecule has 0 aromatic heterocycles. The molecule has 1 amide bonds. The Morgan fingerprint density at radius 1 is 1.17 bits per heavy atom. The highest BCUT2D eigenvalue weighted by atomic mass is 19.1. The monoisotopic (exact) mass is 330 g/mol. The van der Waals surface area contributed by atoms with E-state index in [1.165, 1.54) is 6.07 Å². The number of ether oxygens (including phenoxy) is 1. The van der Waals surface area contributed by atoms with E-state index < -0.39 is 0 Å². The van der Waals surface area contributed by atoms with E-state index in [0.717, 1.165) is 17.7 Å². The third-order valence-electron chi connectivity index (χ3n) is 3.71. The summed E-state index contributed by atoms with van der Waals surface area (Å²) in [6.07, 6.45) is 0.757. The minimum absolute atomic E-state index is 0.0673. The predicted octanol–water partition coefficient (Wildman–Crippen LogP) is 2.63. The number of carbonyl (C=O) groups excluding carboxylic acids is 1. The summed E-state index contributed by atoms with van der Waals surface area (Å²) in [6.45, 7) is 1.20. The molecule has 1 N–H and O–H groups in total. The van der Waals surface area contributed by atoms with Crippen molar-refractivity contribution in [1.82, 2.24) is 10.2 Å². The van der Waals surface area contributed by atoms with Crippen molar-refractivity contribution in [3.63, 3.8) is 0 Å². The SMILES string of the molecule is COc1ccc(CCNC(=O)CN(C)Cc2ccccc2F)cc1.